The molecular formula is C30H43FO5Si. The van der Waals surface area contributed by atoms with Crippen LogP contribution >= 0.6 is 0 Å². The van der Waals surface area contributed by atoms with E-state index in [-0.39, 0.29) is 11.6 Å². The van der Waals surface area contributed by atoms with Gasteiger partial charge in [-0.05, 0) is 35.7 Å². The molecule has 37 heavy (non-hydrogen) atoms. The second-order valence-corrected chi connectivity index (χ2v) is 16.1. The van der Waals surface area contributed by atoms with E-state index < -0.39 is 50.8 Å². The lowest BCUT2D eigenvalue weighted by atomic mass is 9.91. The summed E-state index contributed by atoms with van der Waals surface area (Å²) < 4.78 is 41.0. The molecule has 7 heteroatoms. The molecule has 2 saturated heterocycles. The van der Waals surface area contributed by atoms with Gasteiger partial charge in [0.25, 0.3) is 8.32 Å². The highest BCUT2D eigenvalue weighted by Gasteiger charge is 2.57. The van der Waals surface area contributed by atoms with Gasteiger partial charge in [0.1, 0.15) is 36.7 Å². The summed E-state index contributed by atoms with van der Waals surface area (Å²) >= 11 is 0. The van der Waals surface area contributed by atoms with Crippen LogP contribution in [0.25, 0.3) is 0 Å². The van der Waals surface area contributed by atoms with Crippen molar-refractivity contribution in [2.45, 2.75) is 108 Å². The van der Waals surface area contributed by atoms with E-state index in [2.05, 4.69) is 45.0 Å². The fourth-order valence-corrected chi connectivity index (χ4v) is 10.5. The van der Waals surface area contributed by atoms with Crippen LogP contribution in [-0.2, 0) is 18.6 Å². The van der Waals surface area contributed by atoms with Gasteiger partial charge in [0.15, 0.2) is 5.79 Å². The van der Waals surface area contributed by atoms with Crippen LogP contribution in [0.4, 0.5) is 4.39 Å². The number of halogens is 1. The summed E-state index contributed by atoms with van der Waals surface area (Å²) in [6, 6.07) is 20.8. The molecule has 2 aromatic carbocycles. The third kappa shape index (κ3) is 5.72. The fraction of sp³-hybridized carbons (Fsp3) is 0.600. The number of alkyl halides is 1. The van der Waals surface area contributed by atoms with Crippen LogP contribution in [0, 0.1) is 0 Å². The number of aliphatic hydroxyl groups excluding tert-OH is 1. The Morgan fingerprint density at radius 3 is 2.03 bits per heavy atom. The summed E-state index contributed by atoms with van der Waals surface area (Å²) in [6.45, 7) is 12.5. The van der Waals surface area contributed by atoms with Crippen molar-refractivity contribution in [3.05, 3.63) is 60.7 Å². The topological polar surface area (TPSA) is 57.2 Å². The Labute approximate surface area is 222 Å². The van der Waals surface area contributed by atoms with Gasteiger partial charge in [-0.3, -0.25) is 0 Å². The molecule has 0 unspecified atom stereocenters. The minimum atomic E-state index is -2.83. The van der Waals surface area contributed by atoms with Crippen molar-refractivity contribution in [2.75, 3.05) is 6.61 Å². The Kier molecular flexibility index (Phi) is 8.63. The molecule has 2 fully saturated rings. The first-order valence-electron chi connectivity index (χ1n) is 13.6. The van der Waals surface area contributed by atoms with E-state index in [0.29, 0.717) is 6.42 Å². The van der Waals surface area contributed by atoms with Crippen molar-refractivity contribution >= 4 is 18.7 Å². The number of hydrogen-bond acceptors (Lipinski definition) is 5. The maximum atomic E-state index is 15.3. The number of fused-ring (bicyclic) bond motifs is 1. The predicted molar refractivity (Wildman–Crippen MR) is 146 cm³/mol. The molecule has 5 nitrogen and oxygen atoms in total. The number of rotatable bonds is 9. The van der Waals surface area contributed by atoms with Gasteiger partial charge >= 0.3 is 0 Å². The lowest BCUT2D eigenvalue weighted by molar-refractivity contribution is -0.211. The van der Waals surface area contributed by atoms with Gasteiger partial charge in [0.2, 0.25) is 0 Å². The van der Waals surface area contributed by atoms with Crippen LogP contribution in [0.1, 0.15) is 60.8 Å². The van der Waals surface area contributed by atoms with Crippen molar-refractivity contribution in [1.82, 2.24) is 0 Å². The van der Waals surface area contributed by atoms with E-state index >= 15 is 4.39 Å². The highest BCUT2D eigenvalue weighted by atomic mass is 28.4. The third-order valence-corrected chi connectivity index (χ3v) is 12.6. The summed E-state index contributed by atoms with van der Waals surface area (Å²) in [4.78, 5) is 0. The molecule has 0 amide bonds. The lowest BCUT2D eigenvalue weighted by Gasteiger charge is -2.46. The SMILES string of the molecule is CCCC[C@@H](F)[C@@H]1O[C@H](CO[Si](c2ccccc2)(c2ccccc2)C(C)(C)C)[C@@H]2OC(C)(C)O[C@@H]2[C@H]1O. The standard InChI is InChI=1S/C30H43FO5Si/c1-7-8-19-23(31)26-25(32)28-27(35-30(5,6)36-28)24(34-26)20-33-37(29(2,3)4,21-15-11-9-12-16-21)22-17-13-10-14-18-22/h9-18,23-28,32H,7-8,19-20H2,1-6H3/t23-,24-,25+,26+,27+,28-/m1/s1. The highest BCUT2D eigenvalue weighted by Crippen LogP contribution is 2.41. The molecule has 0 aliphatic carbocycles. The van der Waals surface area contributed by atoms with Gasteiger partial charge in [-0.2, -0.15) is 0 Å². The summed E-state index contributed by atoms with van der Waals surface area (Å²) in [6.07, 6.45) is -3.27. The van der Waals surface area contributed by atoms with Crippen LogP contribution in [0.5, 0.6) is 0 Å². The average Bonchev–Trinajstić information content (AvgIpc) is 3.20. The minimum Gasteiger partial charge on any atom is -0.405 e. The maximum absolute atomic E-state index is 15.3. The smallest absolute Gasteiger partial charge is 0.261 e. The second-order valence-electron chi connectivity index (χ2n) is 11.8. The van der Waals surface area contributed by atoms with E-state index in [1.807, 2.05) is 57.2 Å². The summed E-state index contributed by atoms with van der Waals surface area (Å²) in [5.41, 5.74) is 0. The highest BCUT2D eigenvalue weighted by molar-refractivity contribution is 6.99. The number of unbranched alkanes of at least 4 members (excludes halogenated alkanes) is 1. The molecule has 0 aromatic heterocycles. The van der Waals surface area contributed by atoms with Crippen molar-refractivity contribution in [3.63, 3.8) is 0 Å². The van der Waals surface area contributed by atoms with Crippen LogP contribution in [0.15, 0.2) is 60.7 Å². The third-order valence-electron chi connectivity index (χ3n) is 7.61. The van der Waals surface area contributed by atoms with Crippen molar-refractivity contribution < 1.29 is 28.1 Å². The van der Waals surface area contributed by atoms with Gasteiger partial charge in [0, 0.05) is 0 Å². The largest absolute Gasteiger partial charge is 0.405 e. The van der Waals surface area contributed by atoms with Crippen LogP contribution in [0.2, 0.25) is 5.04 Å². The van der Waals surface area contributed by atoms with E-state index in [1.165, 1.54) is 0 Å². The zero-order chi connectivity index (χ0) is 26.8. The fourth-order valence-electron chi connectivity index (χ4n) is 5.88. The lowest BCUT2D eigenvalue weighted by Crippen LogP contribution is -2.68. The van der Waals surface area contributed by atoms with Gasteiger partial charge in [-0.25, -0.2) is 4.39 Å². The molecule has 204 valence electrons. The molecular weight excluding hydrogens is 487 g/mol. The monoisotopic (exact) mass is 530 g/mol. The van der Waals surface area contributed by atoms with E-state index in [0.717, 1.165) is 23.2 Å². The van der Waals surface area contributed by atoms with Crippen molar-refractivity contribution in [1.29, 1.82) is 0 Å². The molecule has 0 radical (unpaired) electrons. The molecule has 0 saturated carbocycles. The zero-order valence-corrected chi connectivity index (χ0v) is 24.0. The molecule has 4 rings (SSSR count). The summed E-state index contributed by atoms with van der Waals surface area (Å²) in [5.74, 6) is -0.903. The maximum Gasteiger partial charge on any atom is 0.261 e. The van der Waals surface area contributed by atoms with Gasteiger partial charge in [-0.1, -0.05) is 101 Å². The first-order valence-corrected chi connectivity index (χ1v) is 15.5. The Balaban J connectivity index is 1.70. The second kappa shape index (κ2) is 11.2. The zero-order valence-electron chi connectivity index (χ0n) is 23.0. The first kappa shape index (κ1) is 28.4. The number of aliphatic hydroxyl groups is 1. The average molecular weight is 531 g/mol. The normalized spacial score (nSPS) is 28.6. The minimum absolute atomic E-state index is 0.206. The molecule has 2 aliphatic heterocycles. The molecule has 2 aliphatic rings. The summed E-state index contributed by atoms with van der Waals surface area (Å²) in [5, 5.41) is 13.2. The van der Waals surface area contributed by atoms with Gasteiger partial charge in [0.05, 0.1) is 6.61 Å². The molecule has 0 spiro atoms. The summed E-state index contributed by atoms with van der Waals surface area (Å²) in [7, 11) is -2.83. The van der Waals surface area contributed by atoms with Gasteiger partial charge in [-0.15, -0.1) is 0 Å². The first-order chi connectivity index (χ1) is 17.5. The molecule has 2 heterocycles. The molecule has 0 bridgehead atoms. The van der Waals surface area contributed by atoms with Crippen LogP contribution in [-0.4, -0.2) is 62.5 Å². The Morgan fingerprint density at radius 2 is 1.51 bits per heavy atom. The molecule has 6 atom stereocenters. The predicted octanol–water partition coefficient (Wildman–Crippen LogP) is 4.74. The molecule has 1 N–H and O–H groups in total. The van der Waals surface area contributed by atoms with Crippen LogP contribution in [0.3, 0.4) is 0 Å². The van der Waals surface area contributed by atoms with E-state index in [9.17, 15) is 5.11 Å². The quantitative estimate of drug-likeness (QED) is 0.475. The van der Waals surface area contributed by atoms with Crippen LogP contribution < -0.4 is 10.4 Å². The number of ether oxygens (including phenoxy) is 3. The Hall–Kier alpha value is -1.61. The Morgan fingerprint density at radius 1 is 0.973 bits per heavy atom. The number of hydrogen-bond donors (Lipinski definition) is 1. The van der Waals surface area contributed by atoms with Crippen molar-refractivity contribution in [2.24, 2.45) is 0 Å². The molecule has 2 aromatic rings. The van der Waals surface area contributed by atoms with Gasteiger partial charge < -0.3 is 23.7 Å². The Bertz CT molecular complexity index is 957. The van der Waals surface area contributed by atoms with E-state index in [1.54, 1.807) is 0 Å². The van der Waals surface area contributed by atoms with E-state index in [4.69, 9.17) is 18.6 Å². The van der Waals surface area contributed by atoms with Crippen molar-refractivity contribution in [3.8, 4) is 0 Å². The number of benzene rings is 2.